The molecule has 0 saturated carbocycles. The normalized spacial score (nSPS) is 15.0. The molecule has 1 N–H and O–H groups in total. The lowest BCUT2D eigenvalue weighted by molar-refractivity contribution is 0.267. The Morgan fingerprint density at radius 2 is 1.35 bits per heavy atom. The molecule has 17 heavy (non-hydrogen) atoms. The van der Waals surface area contributed by atoms with Crippen molar-refractivity contribution in [3.05, 3.63) is 0 Å². The van der Waals surface area contributed by atoms with Gasteiger partial charge < -0.3 is 0 Å². The van der Waals surface area contributed by atoms with Crippen LogP contribution in [0.15, 0.2) is 0 Å². The molecule has 0 aliphatic carbocycles. The zero-order valence-corrected chi connectivity index (χ0v) is 13.1. The van der Waals surface area contributed by atoms with Crippen molar-refractivity contribution in [2.24, 2.45) is 5.41 Å². The van der Waals surface area contributed by atoms with E-state index in [9.17, 15) is 13.0 Å². The molecule has 0 bridgehead atoms. The van der Waals surface area contributed by atoms with E-state index >= 15 is 0 Å². The average molecular weight is 287 g/mol. The van der Waals surface area contributed by atoms with Crippen LogP contribution in [0.5, 0.6) is 0 Å². The van der Waals surface area contributed by atoms with E-state index in [2.05, 4.69) is 9.05 Å². The Hall–Kier alpha value is 0.0600. The second kappa shape index (κ2) is 4.97. The zero-order valence-electron chi connectivity index (χ0n) is 11.4. The predicted octanol–water partition coefficient (Wildman–Crippen LogP) is 2.13. The molecule has 6 nitrogen and oxygen atoms in total. The summed E-state index contributed by atoms with van der Waals surface area (Å²) >= 11 is 0. The molecule has 0 fully saturated rings. The molecule has 0 heterocycles. The fourth-order valence-corrected chi connectivity index (χ4v) is 4.46. The Morgan fingerprint density at radius 3 is 1.59 bits per heavy atom. The minimum atomic E-state index is -3.86. The van der Waals surface area contributed by atoms with Crippen LogP contribution in [-0.4, -0.2) is 27.4 Å². The van der Waals surface area contributed by atoms with E-state index in [4.69, 9.17) is 0 Å². The molecule has 0 atom stereocenters. The molecular weight excluding hydrogens is 265 g/mol. The second-order valence-corrected chi connectivity index (χ2v) is 9.70. The summed E-state index contributed by atoms with van der Waals surface area (Å²) in [5.41, 5.74) is -0.537. The Labute approximate surface area is 104 Å². The van der Waals surface area contributed by atoms with Crippen molar-refractivity contribution >= 4 is 17.8 Å². The Balaban J connectivity index is 5.40. The Morgan fingerprint density at radius 1 is 1.00 bits per heavy atom. The van der Waals surface area contributed by atoms with Crippen LogP contribution in [0.4, 0.5) is 0 Å². The van der Waals surface area contributed by atoms with Crippen LogP contribution in [0, 0.1) is 5.41 Å². The van der Waals surface area contributed by atoms with Crippen molar-refractivity contribution in [3.8, 4) is 0 Å². The van der Waals surface area contributed by atoms with E-state index in [1.54, 1.807) is 34.6 Å². The molecule has 0 spiro atoms. The third kappa shape index (κ3) is 3.51. The maximum atomic E-state index is 12.2. The lowest BCUT2D eigenvalue weighted by atomic mass is 9.83. The summed E-state index contributed by atoms with van der Waals surface area (Å²) in [5.74, 6) is 0. The van der Waals surface area contributed by atoms with Gasteiger partial charge in [0.05, 0.1) is 4.75 Å². The van der Waals surface area contributed by atoms with Crippen LogP contribution in [0.1, 0.15) is 34.6 Å². The van der Waals surface area contributed by atoms with E-state index in [-0.39, 0.29) is 0 Å². The van der Waals surface area contributed by atoms with Crippen molar-refractivity contribution < 1.29 is 22.0 Å². The molecule has 0 amide bonds. The largest absolute Gasteiger partial charge is 0.418 e. The maximum absolute atomic E-state index is 12.2. The maximum Gasteiger partial charge on any atom is 0.418 e. The van der Waals surface area contributed by atoms with Gasteiger partial charge in [0.25, 0.3) is 0 Å². The van der Waals surface area contributed by atoms with Gasteiger partial charge in [0.1, 0.15) is 0 Å². The van der Waals surface area contributed by atoms with Gasteiger partial charge in [-0.1, -0.05) is 20.8 Å². The summed E-state index contributed by atoms with van der Waals surface area (Å²) in [4.78, 5) is 0. The molecule has 8 heteroatoms. The van der Waals surface area contributed by atoms with Crippen molar-refractivity contribution in [2.45, 2.75) is 39.4 Å². The predicted molar refractivity (Wildman–Crippen MR) is 67.2 cm³/mol. The average Bonchev–Trinajstić information content (AvgIpc) is 2.15. The minimum Gasteiger partial charge on any atom is -0.299 e. The molecule has 0 aliphatic heterocycles. The Kier molecular flexibility index (Phi) is 4.99. The molecule has 0 saturated heterocycles. The van der Waals surface area contributed by atoms with Crippen LogP contribution in [-0.2, 0) is 23.6 Å². The first-order valence-electron chi connectivity index (χ1n) is 5.08. The smallest absolute Gasteiger partial charge is 0.299 e. The summed E-state index contributed by atoms with van der Waals surface area (Å²) in [6.07, 6.45) is 0. The van der Waals surface area contributed by atoms with Gasteiger partial charge in [0, 0.05) is 14.2 Å². The highest BCUT2D eigenvalue weighted by atomic mass is 32.2. The third-order valence-corrected chi connectivity index (χ3v) is 7.96. The molecular formula is C9H22NO5PS. The first kappa shape index (κ1) is 17.1. The van der Waals surface area contributed by atoms with Gasteiger partial charge in [0.15, 0.2) is 0 Å². The van der Waals surface area contributed by atoms with E-state index in [0.717, 1.165) is 14.2 Å². The summed E-state index contributed by atoms with van der Waals surface area (Å²) in [6, 6.07) is 0. The Bertz CT molecular complexity index is 402. The summed E-state index contributed by atoms with van der Waals surface area (Å²) in [7, 11) is -5.43. The van der Waals surface area contributed by atoms with Gasteiger partial charge in [-0.15, -0.1) is 4.49 Å². The second-order valence-electron chi connectivity index (χ2n) is 5.22. The SMILES string of the molecule is COP(=O)(NS(=O)(=O)C(C)(C)C(C)(C)C)OC. The first-order valence-corrected chi connectivity index (χ1v) is 8.11. The summed E-state index contributed by atoms with van der Waals surface area (Å²) in [5, 5.41) is 0. The van der Waals surface area contributed by atoms with E-state index in [1.165, 1.54) is 0 Å². The fourth-order valence-electron chi connectivity index (χ4n) is 0.813. The van der Waals surface area contributed by atoms with Crippen LogP contribution < -0.4 is 4.49 Å². The number of nitrogens with one attached hydrogen (secondary N) is 1. The molecule has 0 aliphatic rings. The zero-order chi connectivity index (χ0) is 14.1. The lowest BCUT2D eigenvalue weighted by Gasteiger charge is -2.38. The van der Waals surface area contributed by atoms with Gasteiger partial charge in [-0.3, -0.25) is 9.05 Å². The third-order valence-electron chi connectivity index (χ3n) is 3.19. The molecule has 0 aromatic rings. The number of hydrogen-bond acceptors (Lipinski definition) is 5. The van der Waals surface area contributed by atoms with Crippen molar-refractivity contribution in [1.82, 2.24) is 4.49 Å². The molecule has 0 unspecified atom stereocenters. The van der Waals surface area contributed by atoms with Crippen LogP contribution in [0.2, 0.25) is 0 Å². The fraction of sp³-hybridized carbons (Fsp3) is 1.00. The first-order chi connectivity index (χ1) is 7.33. The van der Waals surface area contributed by atoms with Crippen LogP contribution in [0.25, 0.3) is 0 Å². The topological polar surface area (TPSA) is 81.7 Å². The van der Waals surface area contributed by atoms with E-state index < -0.39 is 27.9 Å². The molecule has 0 aromatic heterocycles. The van der Waals surface area contributed by atoms with Gasteiger partial charge in [0.2, 0.25) is 10.0 Å². The standard InChI is InChI=1S/C9H22NO5PS/c1-8(2,3)9(4,5)17(12,13)10-16(11,14-6)15-7/h1-7H3,(H,10,11). The van der Waals surface area contributed by atoms with Crippen molar-refractivity contribution in [3.63, 3.8) is 0 Å². The van der Waals surface area contributed by atoms with Crippen molar-refractivity contribution in [2.75, 3.05) is 14.2 Å². The summed E-state index contributed by atoms with van der Waals surface area (Å²) in [6.45, 7) is 8.49. The van der Waals surface area contributed by atoms with Gasteiger partial charge in [-0.05, 0) is 19.3 Å². The number of hydrogen-bond donors (Lipinski definition) is 1. The van der Waals surface area contributed by atoms with Crippen LogP contribution >= 0.6 is 7.75 Å². The molecule has 0 rings (SSSR count). The number of sulfonamides is 1. The van der Waals surface area contributed by atoms with Crippen LogP contribution in [0.3, 0.4) is 0 Å². The highest BCUT2D eigenvalue weighted by molar-refractivity contribution is 7.96. The quantitative estimate of drug-likeness (QED) is 0.783. The lowest BCUT2D eigenvalue weighted by Crippen LogP contribution is -2.49. The number of rotatable bonds is 5. The monoisotopic (exact) mass is 287 g/mol. The molecule has 0 radical (unpaired) electrons. The highest BCUT2D eigenvalue weighted by Crippen LogP contribution is 2.46. The van der Waals surface area contributed by atoms with Gasteiger partial charge >= 0.3 is 7.75 Å². The van der Waals surface area contributed by atoms with Gasteiger partial charge in [-0.2, -0.15) is 0 Å². The minimum absolute atomic E-state index is 0.537. The van der Waals surface area contributed by atoms with E-state index in [1.807, 2.05) is 4.49 Å². The van der Waals surface area contributed by atoms with Gasteiger partial charge in [-0.25, -0.2) is 13.0 Å². The van der Waals surface area contributed by atoms with E-state index in [0.29, 0.717) is 0 Å². The molecule has 104 valence electrons. The summed E-state index contributed by atoms with van der Waals surface area (Å²) < 4.78 is 46.2. The van der Waals surface area contributed by atoms with Crippen molar-refractivity contribution in [1.29, 1.82) is 0 Å². The molecule has 0 aromatic carbocycles. The highest BCUT2D eigenvalue weighted by Gasteiger charge is 2.47.